The number of ether oxygens (including phenoxy) is 1. The molecule has 3 heteroatoms. The SMILES string of the molecule is COCCN(CCO)CC1Cc2ccccc21. The molecule has 0 fully saturated rings. The van der Waals surface area contributed by atoms with Gasteiger partial charge in [-0.25, -0.2) is 0 Å². The minimum Gasteiger partial charge on any atom is -0.395 e. The first kappa shape index (κ1) is 12.6. The van der Waals surface area contributed by atoms with Gasteiger partial charge in [0, 0.05) is 32.7 Å². The van der Waals surface area contributed by atoms with Crippen molar-refractivity contribution in [1.29, 1.82) is 0 Å². The first-order valence-corrected chi connectivity index (χ1v) is 6.25. The summed E-state index contributed by atoms with van der Waals surface area (Å²) >= 11 is 0. The third kappa shape index (κ3) is 3.06. The fourth-order valence-electron chi connectivity index (χ4n) is 2.49. The molecule has 0 aliphatic heterocycles. The van der Waals surface area contributed by atoms with E-state index in [0.717, 1.165) is 26.2 Å². The minimum atomic E-state index is 0.220. The quantitative estimate of drug-likeness (QED) is 0.772. The summed E-state index contributed by atoms with van der Waals surface area (Å²) in [4.78, 5) is 2.28. The molecule has 0 bridgehead atoms. The highest BCUT2D eigenvalue weighted by Gasteiger charge is 2.26. The molecule has 0 heterocycles. The van der Waals surface area contributed by atoms with E-state index in [-0.39, 0.29) is 6.61 Å². The van der Waals surface area contributed by atoms with Crippen molar-refractivity contribution in [2.24, 2.45) is 0 Å². The molecule has 94 valence electrons. The van der Waals surface area contributed by atoms with Gasteiger partial charge in [0.25, 0.3) is 0 Å². The zero-order valence-electron chi connectivity index (χ0n) is 10.4. The van der Waals surface area contributed by atoms with Crippen molar-refractivity contribution >= 4 is 0 Å². The Balaban J connectivity index is 1.87. The number of hydrogen-bond donors (Lipinski definition) is 1. The van der Waals surface area contributed by atoms with Crippen LogP contribution in [-0.2, 0) is 11.2 Å². The van der Waals surface area contributed by atoms with Crippen LogP contribution < -0.4 is 0 Å². The van der Waals surface area contributed by atoms with E-state index in [9.17, 15) is 0 Å². The topological polar surface area (TPSA) is 32.7 Å². The van der Waals surface area contributed by atoms with Crippen molar-refractivity contribution in [2.75, 3.05) is 40.0 Å². The minimum absolute atomic E-state index is 0.220. The monoisotopic (exact) mass is 235 g/mol. The predicted octanol–water partition coefficient (Wildman–Crippen LogP) is 1.27. The van der Waals surface area contributed by atoms with Gasteiger partial charge in [-0.05, 0) is 17.5 Å². The Morgan fingerprint density at radius 2 is 2.18 bits per heavy atom. The highest BCUT2D eigenvalue weighted by atomic mass is 16.5. The van der Waals surface area contributed by atoms with Crippen molar-refractivity contribution < 1.29 is 9.84 Å². The Bertz CT molecular complexity index is 354. The fraction of sp³-hybridized carbons (Fsp3) is 0.571. The summed E-state index contributed by atoms with van der Waals surface area (Å²) < 4.78 is 5.10. The zero-order chi connectivity index (χ0) is 12.1. The second-order valence-corrected chi connectivity index (χ2v) is 4.62. The van der Waals surface area contributed by atoms with Crippen LogP contribution in [0.15, 0.2) is 24.3 Å². The maximum Gasteiger partial charge on any atom is 0.0589 e. The number of fused-ring (bicyclic) bond motifs is 1. The van der Waals surface area contributed by atoms with Gasteiger partial charge < -0.3 is 9.84 Å². The van der Waals surface area contributed by atoms with Crippen molar-refractivity contribution in [1.82, 2.24) is 4.90 Å². The van der Waals surface area contributed by atoms with Gasteiger partial charge in [0.2, 0.25) is 0 Å². The van der Waals surface area contributed by atoms with E-state index >= 15 is 0 Å². The number of aliphatic hydroxyl groups is 1. The standard InChI is InChI=1S/C14H21NO2/c1-17-9-7-15(6-8-16)11-13-10-12-4-2-3-5-14(12)13/h2-5,13,16H,6-11H2,1H3. The van der Waals surface area contributed by atoms with E-state index in [1.54, 1.807) is 7.11 Å². The van der Waals surface area contributed by atoms with E-state index in [1.165, 1.54) is 17.5 Å². The first-order chi connectivity index (χ1) is 8.35. The summed E-state index contributed by atoms with van der Waals surface area (Å²) in [7, 11) is 1.72. The number of aliphatic hydroxyl groups excluding tert-OH is 1. The molecule has 3 nitrogen and oxygen atoms in total. The third-order valence-corrected chi connectivity index (χ3v) is 3.47. The first-order valence-electron chi connectivity index (χ1n) is 6.25. The second-order valence-electron chi connectivity index (χ2n) is 4.62. The highest BCUT2D eigenvalue weighted by Crippen LogP contribution is 2.35. The van der Waals surface area contributed by atoms with Crippen LogP contribution in [0.1, 0.15) is 17.0 Å². The van der Waals surface area contributed by atoms with Crippen molar-refractivity contribution in [3.63, 3.8) is 0 Å². The van der Waals surface area contributed by atoms with Crippen molar-refractivity contribution in [3.05, 3.63) is 35.4 Å². The van der Waals surface area contributed by atoms with Gasteiger partial charge in [-0.15, -0.1) is 0 Å². The highest BCUT2D eigenvalue weighted by molar-refractivity contribution is 5.40. The molecule has 0 amide bonds. The predicted molar refractivity (Wildman–Crippen MR) is 68.3 cm³/mol. The van der Waals surface area contributed by atoms with E-state index < -0.39 is 0 Å². The Labute approximate surface area is 103 Å². The van der Waals surface area contributed by atoms with E-state index in [2.05, 4.69) is 29.2 Å². The lowest BCUT2D eigenvalue weighted by Gasteiger charge is -2.34. The van der Waals surface area contributed by atoms with Gasteiger partial charge in [-0.1, -0.05) is 24.3 Å². The fourth-order valence-corrected chi connectivity index (χ4v) is 2.49. The summed E-state index contributed by atoms with van der Waals surface area (Å²) in [5, 5.41) is 9.05. The van der Waals surface area contributed by atoms with Crippen molar-refractivity contribution in [2.45, 2.75) is 12.3 Å². The van der Waals surface area contributed by atoms with Gasteiger partial charge in [0.05, 0.1) is 13.2 Å². The van der Waals surface area contributed by atoms with Crippen LogP contribution in [0.5, 0.6) is 0 Å². The molecular weight excluding hydrogens is 214 g/mol. The molecule has 2 rings (SSSR count). The van der Waals surface area contributed by atoms with E-state index in [0.29, 0.717) is 5.92 Å². The van der Waals surface area contributed by atoms with Gasteiger partial charge >= 0.3 is 0 Å². The molecule has 0 aromatic heterocycles. The van der Waals surface area contributed by atoms with Crippen LogP contribution in [0, 0.1) is 0 Å². The van der Waals surface area contributed by atoms with Crippen LogP contribution in [0.25, 0.3) is 0 Å². The molecule has 1 unspecified atom stereocenters. The molecular formula is C14H21NO2. The molecule has 0 spiro atoms. The maximum atomic E-state index is 9.05. The summed E-state index contributed by atoms with van der Waals surface area (Å²) in [5.41, 5.74) is 2.96. The van der Waals surface area contributed by atoms with Gasteiger partial charge in [0.15, 0.2) is 0 Å². The Kier molecular flexibility index (Phi) is 4.54. The molecule has 0 saturated heterocycles. The number of hydrogen-bond acceptors (Lipinski definition) is 3. The van der Waals surface area contributed by atoms with Gasteiger partial charge in [-0.3, -0.25) is 4.90 Å². The summed E-state index contributed by atoms with van der Waals surface area (Å²) in [6.45, 7) is 3.62. The van der Waals surface area contributed by atoms with Gasteiger partial charge in [0.1, 0.15) is 0 Å². The van der Waals surface area contributed by atoms with Crippen LogP contribution >= 0.6 is 0 Å². The normalized spacial score (nSPS) is 17.9. The third-order valence-electron chi connectivity index (χ3n) is 3.47. The molecule has 0 radical (unpaired) electrons. The zero-order valence-corrected chi connectivity index (χ0v) is 10.4. The molecule has 0 saturated carbocycles. The smallest absolute Gasteiger partial charge is 0.0589 e. The summed E-state index contributed by atoms with van der Waals surface area (Å²) in [6, 6.07) is 8.64. The molecule has 1 aromatic carbocycles. The largest absolute Gasteiger partial charge is 0.395 e. The second kappa shape index (κ2) is 6.15. The summed E-state index contributed by atoms with van der Waals surface area (Å²) in [6.07, 6.45) is 1.17. The van der Waals surface area contributed by atoms with Crippen LogP contribution in [0.4, 0.5) is 0 Å². The number of methoxy groups -OCH3 is 1. The lowest BCUT2D eigenvalue weighted by atomic mass is 9.77. The van der Waals surface area contributed by atoms with Crippen LogP contribution in [-0.4, -0.2) is 50.0 Å². The number of rotatable bonds is 7. The lowest BCUT2D eigenvalue weighted by molar-refractivity contribution is 0.124. The summed E-state index contributed by atoms with van der Waals surface area (Å²) in [5.74, 6) is 0.634. The Hall–Kier alpha value is -0.900. The van der Waals surface area contributed by atoms with Crippen LogP contribution in [0.3, 0.4) is 0 Å². The Morgan fingerprint density at radius 3 is 2.88 bits per heavy atom. The Morgan fingerprint density at radius 1 is 1.35 bits per heavy atom. The molecule has 1 atom stereocenters. The average Bonchev–Trinajstić information content (AvgIpc) is 2.33. The number of benzene rings is 1. The molecule has 1 N–H and O–H groups in total. The molecule has 1 aromatic rings. The van der Waals surface area contributed by atoms with E-state index in [1.807, 2.05) is 0 Å². The molecule has 17 heavy (non-hydrogen) atoms. The number of nitrogens with zero attached hydrogens (tertiary/aromatic N) is 1. The molecule has 1 aliphatic rings. The van der Waals surface area contributed by atoms with E-state index in [4.69, 9.17) is 9.84 Å². The van der Waals surface area contributed by atoms with Crippen LogP contribution in [0.2, 0.25) is 0 Å². The maximum absolute atomic E-state index is 9.05. The van der Waals surface area contributed by atoms with Crippen molar-refractivity contribution in [3.8, 4) is 0 Å². The molecule has 1 aliphatic carbocycles. The van der Waals surface area contributed by atoms with Gasteiger partial charge in [-0.2, -0.15) is 0 Å². The average molecular weight is 235 g/mol. The lowest BCUT2D eigenvalue weighted by Crippen LogP contribution is -2.37.